The van der Waals surface area contributed by atoms with Crippen LogP contribution in [0.3, 0.4) is 0 Å². The van der Waals surface area contributed by atoms with Crippen LogP contribution in [0, 0.1) is 17.8 Å². The third-order valence-electron chi connectivity index (χ3n) is 4.17. The van der Waals surface area contributed by atoms with Gasteiger partial charge in [0.05, 0.1) is 0 Å². The van der Waals surface area contributed by atoms with Crippen LogP contribution < -0.4 is 10.6 Å². The van der Waals surface area contributed by atoms with Gasteiger partial charge in [-0.15, -0.1) is 0 Å². The Labute approximate surface area is 97.1 Å². The number of ether oxygens (including phenoxy) is 1. The lowest BCUT2D eigenvalue weighted by Crippen LogP contribution is -2.45. The molecule has 2 aliphatic rings. The maximum Gasteiger partial charge on any atom is 0.316 e. The molecule has 16 heavy (non-hydrogen) atoms. The van der Waals surface area contributed by atoms with Crippen LogP contribution in [0.4, 0.5) is 4.79 Å². The van der Waals surface area contributed by atoms with Crippen molar-refractivity contribution in [3.05, 3.63) is 0 Å². The number of urea groups is 1. The predicted molar refractivity (Wildman–Crippen MR) is 61.9 cm³/mol. The van der Waals surface area contributed by atoms with Gasteiger partial charge in [0.15, 0.2) is 0 Å². The monoisotopic (exact) mass is 226 g/mol. The third kappa shape index (κ3) is 2.48. The molecule has 0 heterocycles. The molecule has 2 aliphatic carbocycles. The van der Waals surface area contributed by atoms with E-state index in [1.165, 1.54) is 25.7 Å². The topological polar surface area (TPSA) is 50.4 Å². The van der Waals surface area contributed by atoms with Gasteiger partial charge in [0.25, 0.3) is 0 Å². The van der Waals surface area contributed by atoms with Gasteiger partial charge in [-0.1, -0.05) is 6.42 Å². The largest absolute Gasteiger partial charge is 0.364 e. The molecule has 2 amide bonds. The first-order valence-electron chi connectivity index (χ1n) is 6.24. The first kappa shape index (κ1) is 11.7. The van der Waals surface area contributed by atoms with Gasteiger partial charge in [-0.25, -0.2) is 4.79 Å². The molecule has 2 saturated carbocycles. The Morgan fingerprint density at radius 1 is 1.44 bits per heavy atom. The SMILES string of the molecule is COCNC(=O)NC(C)C1CC2CCC1C2. The van der Waals surface area contributed by atoms with Gasteiger partial charge in [0.2, 0.25) is 0 Å². The van der Waals surface area contributed by atoms with Crippen LogP contribution in [0.2, 0.25) is 0 Å². The molecule has 0 aromatic carbocycles. The molecular weight excluding hydrogens is 204 g/mol. The summed E-state index contributed by atoms with van der Waals surface area (Å²) in [7, 11) is 1.57. The number of rotatable bonds is 4. The van der Waals surface area contributed by atoms with Gasteiger partial charge in [-0.3, -0.25) is 0 Å². The van der Waals surface area contributed by atoms with Gasteiger partial charge in [0, 0.05) is 13.2 Å². The van der Waals surface area contributed by atoms with E-state index in [0.717, 1.165) is 11.8 Å². The number of carbonyl (C=O) groups excluding carboxylic acids is 1. The van der Waals surface area contributed by atoms with Crippen molar-refractivity contribution in [2.75, 3.05) is 13.8 Å². The second kappa shape index (κ2) is 5.04. The zero-order valence-electron chi connectivity index (χ0n) is 10.2. The van der Waals surface area contributed by atoms with Crippen molar-refractivity contribution in [3.63, 3.8) is 0 Å². The number of fused-ring (bicyclic) bond motifs is 2. The average Bonchev–Trinajstić information content (AvgIpc) is 2.87. The van der Waals surface area contributed by atoms with E-state index in [9.17, 15) is 4.79 Å². The van der Waals surface area contributed by atoms with Crippen LogP contribution in [-0.4, -0.2) is 25.9 Å². The molecule has 0 spiro atoms. The minimum atomic E-state index is -0.114. The average molecular weight is 226 g/mol. The van der Waals surface area contributed by atoms with E-state index in [0.29, 0.717) is 5.92 Å². The Hall–Kier alpha value is -0.770. The summed E-state index contributed by atoms with van der Waals surface area (Å²) in [6.45, 7) is 2.40. The lowest BCUT2D eigenvalue weighted by atomic mass is 9.84. The Morgan fingerprint density at radius 2 is 2.25 bits per heavy atom. The number of hydrogen-bond donors (Lipinski definition) is 2. The second-order valence-electron chi connectivity index (χ2n) is 5.21. The number of carbonyl (C=O) groups is 1. The van der Waals surface area contributed by atoms with Crippen LogP contribution in [0.5, 0.6) is 0 Å². The second-order valence-corrected chi connectivity index (χ2v) is 5.21. The van der Waals surface area contributed by atoms with E-state index in [2.05, 4.69) is 17.6 Å². The van der Waals surface area contributed by atoms with Crippen molar-refractivity contribution >= 4 is 6.03 Å². The molecule has 0 aromatic heterocycles. The lowest BCUT2D eigenvalue weighted by molar-refractivity contribution is 0.168. The maximum absolute atomic E-state index is 11.5. The number of hydrogen-bond acceptors (Lipinski definition) is 2. The summed E-state index contributed by atoms with van der Waals surface area (Å²) in [6, 6.07) is 0.171. The van der Waals surface area contributed by atoms with Crippen LogP contribution in [0.25, 0.3) is 0 Å². The van der Waals surface area contributed by atoms with Gasteiger partial charge in [-0.05, 0) is 43.9 Å². The molecule has 0 radical (unpaired) electrons. The summed E-state index contributed by atoms with van der Waals surface area (Å²) in [6.07, 6.45) is 5.46. The Kier molecular flexibility index (Phi) is 3.69. The third-order valence-corrected chi connectivity index (χ3v) is 4.17. The first-order valence-corrected chi connectivity index (χ1v) is 6.24. The minimum Gasteiger partial charge on any atom is -0.364 e. The highest BCUT2D eigenvalue weighted by Crippen LogP contribution is 2.49. The molecule has 4 atom stereocenters. The molecule has 4 heteroatoms. The van der Waals surface area contributed by atoms with Gasteiger partial charge < -0.3 is 15.4 Å². The maximum atomic E-state index is 11.5. The van der Waals surface area contributed by atoms with Crippen LogP contribution in [0.15, 0.2) is 0 Å². The Balaban J connectivity index is 1.75. The fourth-order valence-corrected chi connectivity index (χ4v) is 3.41. The van der Waals surface area contributed by atoms with E-state index in [1.807, 2.05) is 0 Å². The van der Waals surface area contributed by atoms with E-state index < -0.39 is 0 Å². The molecule has 0 aromatic rings. The quantitative estimate of drug-likeness (QED) is 0.717. The molecule has 2 N–H and O–H groups in total. The zero-order valence-corrected chi connectivity index (χ0v) is 10.2. The summed E-state index contributed by atoms with van der Waals surface area (Å²) in [4.78, 5) is 11.5. The van der Waals surface area contributed by atoms with Crippen molar-refractivity contribution in [1.29, 1.82) is 0 Å². The first-order chi connectivity index (χ1) is 7.70. The lowest BCUT2D eigenvalue weighted by Gasteiger charge is -2.28. The van der Waals surface area contributed by atoms with Crippen molar-refractivity contribution in [3.8, 4) is 0 Å². The summed E-state index contributed by atoms with van der Waals surface area (Å²) in [5.74, 6) is 2.47. The van der Waals surface area contributed by atoms with E-state index in [4.69, 9.17) is 4.74 Å². The highest BCUT2D eigenvalue weighted by molar-refractivity contribution is 5.74. The summed E-state index contributed by atoms with van der Waals surface area (Å²) in [5.41, 5.74) is 0. The van der Waals surface area contributed by atoms with Gasteiger partial charge in [0.1, 0.15) is 6.73 Å². The fourth-order valence-electron chi connectivity index (χ4n) is 3.41. The normalized spacial score (nSPS) is 33.8. The molecular formula is C12H22N2O2. The van der Waals surface area contributed by atoms with E-state index >= 15 is 0 Å². The minimum absolute atomic E-state index is 0.114. The standard InChI is InChI=1S/C12H22N2O2/c1-8(14-12(15)13-7-16-2)11-6-9-3-4-10(11)5-9/h8-11H,3-7H2,1-2H3,(H2,13,14,15). The highest BCUT2D eigenvalue weighted by Gasteiger charge is 2.42. The van der Waals surface area contributed by atoms with Gasteiger partial charge >= 0.3 is 6.03 Å². The Bertz CT molecular complexity index is 257. The zero-order chi connectivity index (χ0) is 11.5. The van der Waals surface area contributed by atoms with Crippen molar-refractivity contribution in [2.45, 2.75) is 38.6 Å². The predicted octanol–water partition coefficient (Wildman–Crippen LogP) is 1.71. The number of methoxy groups -OCH3 is 1. The van der Waals surface area contributed by atoms with Gasteiger partial charge in [-0.2, -0.15) is 0 Å². The highest BCUT2D eigenvalue weighted by atomic mass is 16.5. The molecule has 4 nitrogen and oxygen atoms in total. The van der Waals surface area contributed by atoms with Crippen LogP contribution in [-0.2, 0) is 4.74 Å². The summed E-state index contributed by atoms with van der Waals surface area (Å²) >= 11 is 0. The molecule has 92 valence electrons. The number of amides is 2. The van der Waals surface area contributed by atoms with Crippen molar-refractivity contribution in [1.82, 2.24) is 10.6 Å². The molecule has 4 unspecified atom stereocenters. The van der Waals surface area contributed by atoms with E-state index in [-0.39, 0.29) is 18.8 Å². The van der Waals surface area contributed by atoms with Crippen LogP contribution in [0.1, 0.15) is 32.6 Å². The molecule has 2 rings (SSSR count). The molecule has 0 saturated heterocycles. The Morgan fingerprint density at radius 3 is 2.81 bits per heavy atom. The van der Waals surface area contributed by atoms with Crippen molar-refractivity contribution < 1.29 is 9.53 Å². The van der Waals surface area contributed by atoms with Crippen molar-refractivity contribution in [2.24, 2.45) is 17.8 Å². The summed E-state index contributed by atoms with van der Waals surface area (Å²) < 4.78 is 4.80. The molecule has 2 bridgehead atoms. The molecule has 2 fully saturated rings. The number of nitrogens with one attached hydrogen (secondary N) is 2. The summed E-state index contributed by atoms with van der Waals surface area (Å²) in [5, 5.41) is 5.67. The van der Waals surface area contributed by atoms with Crippen LogP contribution >= 0.6 is 0 Å². The van der Waals surface area contributed by atoms with E-state index in [1.54, 1.807) is 7.11 Å². The smallest absolute Gasteiger partial charge is 0.316 e. The molecule has 0 aliphatic heterocycles. The fraction of sp³-hybridized carbons (Fsp3) is 0.917.